The first-order valence-corrected chi connectivity index (χ1v) is 3.77. The second-order valence-electron chi connectivity index (χ2n) is 2.72. The molecule has 0 atom stereocenters. The first kappa shape index (κ1) is 9.96. The largest absolute Gasteiger partial charge is 0.370 e. The maximum atomic E-state index is 5.43. The lowest BCUT2D eigenvalue weighted by Gasteiger charge is -2.09. The Kier molecular flexibility index (Phi) is 2.65. The van der Waals surface area contributed by atoms with E-state index in [-0.39, 0.29) is 17.9 Å². The summed E-state index contributed by atoms with van der Waals surface area (Å²) in [5.41, 5.74) is 15.8. The quantitative estimate of drug-likeness (QED) is 0.384. The van der Waals surface area contributed by atoms with Crippen LogP contribution in [0.2, 0.25) is 0 Å². The van der Waals surface area contributed by atoms with Crippen molar-refractivity contribution < 1.29 is 0 Å². The molecule has 0 aliphatic rings. The second kappa shape index (κ2) is 3.73. The topological polar surface area (TPSA) is 132 Å². The van der Waals surface area contributed by atoms with Gasteiger partial charge >= 0.3 is 0 Å². The van der Waals surface area contributed by atoms with E-state index in [0.29, 0.717) is 5.95 Å². The van der Waals surface area contributed by atoms with Gasteiger partial charge < -0.3 is 22.1 Å². The van der Waals surface area contributed by atoms with Crippen molar-refractivity contribution in [2.45, 2.75) is 0 Å². The summed E-state index contributed by atoms with van der Waals surface area (Å²) in [5, 5.41) is 0. The molecule has 0 unspecified atom stereocenters. The molecule has 1 aromatic rings. The lowest BCUT2D eigenvalue weighted by atomic mass is 10.7. The highest BCUT2D eigenvalue weighted by Crippen LogP contribution is 2.10. The number of nitrogens with two attached hydrogens (primary N) is 3. The molecule has 0 aliphatic carbocycles. The van der Waals surface area contributed by atoms with Crippen LogP contribution in [0, 0.1) is 0 Å². The van der Waals surface area contributed by atoms with E-state index in [2.05, 4.69) is 19.9 Å². The number of aromatic nitrogens is 3. The Labute approximate surface area is 80.9 Å². The molecule has 6 N–H and O–H groups in total. The second-order valence-corrected chi connectivity index (χ2v) is 2.72. The first-order valence-electron chi connectivity index (χ1n) is 3.77. The van der Waals surface area contributed by atoms with Gasteiger partial charge in [0, 0.05) is 14.1 Å². The lowest BCUT2D eigenvalue weighted by Crippen LogP contribution is -2.22. The van der Waals surface area contributed by atoms with Crippen molar-refractivity contribution in [3.05, 3.63) is 0 Å². The predicted octanol–water partition coefficient (Wildman–Crippen LogP) is -1.58. The average molecular weight is 196 g/mol. The Morgan fingerprint density at radius 1 is 1.21 bits per heavy atom. The third-order valence-corrected chi connectivity index (χ3v) is 1.26. The number of nitrogens with zero attached hydrogens (tertiary/aromatic N) is 5. The zero-order valence-electron chi connectivity index (χ0n) is 7.97. The Bertz CT molecular complexity index is 353. The molecule has 0 fully saturated rings. The molecule has 0 bridgehead atoms. The van der Waals surface area contributed by atoms with Gasteiger partial charge in [0.05, 0.1) is 0 Å². The molecule has 0 amide bonds. The molecule has 0 saturated heterocycles. The van der Waals surface area contributed by atoms with E-state index in [0.717, 1.165) is 0 Å². The molecule has 14 heavy (non-hydrogen) atoms. The molecule has 1 rings (SSSR count). The molecule has 1 heterocycles. The number of anilines is 2. The average Bonchev–Trinajstić information content (AvgIpc) is 2.01. The summed E-state index contributed by atoms with van der Waals surface area (Å²) in [6.45, 7) is 0. The maximum absolute atomic E-state index is 5.43. The number of guanidine groups is 1. The van der Waals surface area contributed by atoms with Crippen molar-refractivity contribution in [2.24, 2.45) is 16.5 Å². The van der Waals surface area contributed by atoms with Gasteiger partial charge in [0.2, 0.25) is 11.9 Å². The van der Waals surface area contributed by atoms with Gasteiger partial charge in [0.25, 0.3) is 5.95 Å². The molecule has 8 nitrogen and oxygen atoms in total. The summed E-state index contributed by atoms with van der Waals surface area (Å²) in [5.74, 6) is 0.447. The van der Waals surface area contributed by atoms with Crippen LogP contribution in [0.3, 0.4) is 0 Å². The summed E-state index contributed by atoms with van der Waals surface area (Å²) < 4.78 is 0. The molecule has 0 saturated carbocycles. The fourth-order valence-corrected chi connectivity index (χ4v) is 0.735. The smallest absolute Gasteiger partial charge is 0.259 e. The predicted molar refractivity (Wildman–Crippen MR) is 54.0 cm³/mol. The molecule has 76 valence electrons. The highest BCUT2D eigenvalue weighted by Gasteiger charge is 2.04. The third-order valence-electron chi connectivity index (χ3n) is 1.26. The van der Waals surface area contributed by atoms with Crippen molar-refractivity contribution in [3.63, 3.8) is 0 Å². The molecular formula is C6H12N8. The van der Waals surface area contributed by atoms with E-state index in [1.165, 1.54) is 0 Å². The fourth-order valence-electron chi connectivity index (χ4n) is 0.735. The highest BCUT2D eigenvalue weighted by molar-refractivity contribution is 5.78. The number of aliphatic imine (C=N–C) groups is 1. The standard InChI is InChI=1S/C6H12N8/c1-14(2)6-12-4(9)11-5(13-6)10-3(7)8/h1-2H3,(H6,7,8,9,10,11,12,13). The van der Waals surface area contributed by atoms with Crippen molar-refractivity contribution in [1.82, 2.24) is 15.0 Å². The number of hydrogen-bond acceptors (Lipinski definition) is 6. The fraction of sp³-hybridized carbons (Fsp3) is 0.333. The monoisotopic (exact) mass is 196 g/mol. The van der Waals surface area contributed by atoms with E-state index in [1.807, 2.05) is 0 Å². The summed E-state index contributed by atoms with van der Waals surface area (Å²) in [6, 6.07) is 0. The van der Waals surface area contributed by atoms with Gasteiger partial charge in [0.15, 0.2) is 5.96 Å². The van der Waals surface area contributed by atoms with E-state index in [9.17, 15) is 0 Å². The Morgan fingerprint density at radius 3 is 2.36 bits per heavy atom. The zero-order chi connectivity index (χ0) is 10.7. The van der Waals surface area contributed by atoms with Crippen molar-refractivity contribution in [2.75, 3.05) is 24.7 Å². The van der Waals surface area contributed by atoms with Crippen LogP contribution < -0.4 is 22.1 Å². The summed E-state index contributed by atoms with van der Waals surface area (Å²) in [6.07, 6.45) is 0. The zero-order valence-corrected chi connectivity index (χ0v) is 7.97. The maximum Gasteiger partial charge on any atom is 0.259 e. The van der Waals surface area contributed by atoms with Gasteiger partial charge in [-0.2, -0.15) is 19.9 Å². The van der Waals surface area contributed by atoms with Gasteiger partial charge in [-0.15, -0.1) is 0 Å². The summed E-state index contributed by atoms with van der Waals surface area (Å²) in [4.78, 5) is 16.9. The number of hydrogen-bond donors (Lipinski definition) is 3. The normalized spacial score (nSPS) is 9.57. The van der Waals surface area contributed by atoms with Crippen LogP contribution >= 0.6 is 0 Å². The Morgan fingerprint density at radius 2 is 1.86 bits per heavy atom. The van der Waals surface area contributed by atoms with Crippen molar-refractivity contribution >= 4 is 23.8 Å². The summed E-state index contributed by atoms with van der Waals surface area (Å²) >= 11 is 0. The molecular weight excluding hydrogens is 184 g/mol. The Balaban J connectivity index is 3.14. The van der Waals surface area contributed by atoms with Gasteiger partial charge in [-0.3, -0.25) is 0 Å². The summed E-state index contributed by atoms with van der Waals surface area (Å²) in [7, 11) is 3.54. The van der Waals surface area contributed by atoms with Crippen LogP contribution in [0.5, 0.6) is 0 Å². The molecule has 0 spiro atoms. The van der Waals surface area contributed by atoms with Crippen LogP contribution in [-0.4, -0.2) is 35.0 Å². The van der Waals surface area contributed by atoms with E-state index in [4.69, 9.17) is 17.2 Å². The van der Waals surface area contributed by atoms with Gasteiger partial charge in [-0.05, 0) is 0 Å². The number of nitrogen functional groups attached to an aromatic ring is 1. The first-order chi connectivity index (χ1) is 6.49. The molecule has 0 aliphatic heterocycles. The van der Waals surface area contributed by atoms with Crippen LogP contribution in [0.4, 0.5) is 17.8 Å². The highest BCUT2D eigenvalue weighted by atomic mass is 15.3. The van der Waals surface area contributed by atoms with Gasteiger partial charge in [-0.1, -0.05) is 0 Å². The number of rotatable bonds is 2. The third kappa shape index (κ3) is 2.44. The Hall–Kier alpha value is -2.12. The van der Waals surface area contributed by atoms with E-state index >= 15 is 0 Å². The molecule has 8 heteroatoms. The van der Waals surface area contributed by atoms with Gasteiger partial charge in [0.1, 0.15) is 0 Å². The van der Waals surface area contributed by atoms with E-state index < -0.39 is 0 Å². The van der Waals surface area contributed by atoms with E-state index in [1.54, 1.807) is 19.0 Å². The molecule has 0 aromatic carbocycles. The minimum absolute atomic E-state index is 0.0729. The SMILES string of the molecule is CN(C)c1nc(N)nc(N=C(N)N)n1. The molecule has 0 radical (unpaired) electrons. The van der Waals surface area contributed by atoms with Crippen molar-refractivity contribution in [1.29, 1.82) is 0 Å². The lowest BCUT2D eigenvalue weighted by molar-refractivity contribution is 0.960. The van der Waals surface area contributed by atoms with Crippen molar-refractivity contribution in [3.8, 4) is 0 Å². The minimum atomic E-state index is -0.125. The minimum Gasteiger partial charge on any atom is -0.370 e. The van der Waals surface area contributed by atoms with Crippen LogP contribution in [0.1, 0.15) is 0 Å². The van der Waals surface area contributed by atoms with Gasteiger partial charge in [-0.25, -0.2) is 0 Å². The molecule has 1 aromatic heterocycles. The van der Waals surface area contributed by atoms with Crippen LogP contribution in [0.25, 0.3) is 0 Å². The van der Waals surface area contributed by atoms with Crippen LogP contribution in [-0.2, 0) is 0 Å². The van der Waals surface area contributed by atoms with Crippen LogP contribution in [0.15, 0.2) is 4.99 Å².